The van der Waals surface area contributed by atoms with Crippen LogP contribution >= 0.6 is 35.0 Å². The number of hydrogen-bond acceptors (Lipinski definition) is 4. The van der Waals surface area contributed by atoms with E-state index < -0.39 is 0 Å². The van der Waals surface area contributed by atoms with Crippen LogP contribution in [0.4, 0.5) is 5.82 Å². The van der Waals surface area contributed by atoms with E-state index in [0.29, 0.717) is 10.8 Å². The Bertz CT molecular complexity index is 939. The Morgan fingerprint density at radius 1 is 1.19 bits per heavy atom. The van der Waals surface area contributed by atoms with Crippen molar-refractivity contribution in [1.29, 1.82) is 0 Å². The Morgan fingerprint density at radius 2 is 2.00 bits per heavy atom. The third kappa shape index (κ3) is 4.71. The predicted octanol–water partition coefficient (Wildman–Crippen LogP) is 6.15. The molecule has 0 fully saturated rings. The molecule has 3 aromatic rings. The third-order valence-electron chi connectivity index (χ3n) is 4.55. The molecule has 0 aliphatic rings. The largest absolute Gasteiger partial charge is 0.382 e. The molecule has 2 heterocycles. The molecule has 3 rings (SSSR count). The van der Waals surface area contributed by atoms with Gasteiger partial charge in [0, 0.05) is 29.1 Å². The number of rotatable bonds is 8. The van der Waals surface area contributed by atoms with Crippen LogP contribution < -0.4 is 5.73 Å². The van der Waals surface area contributed by atoms with E-state index in [9.17, 15) is 0 Å². The molecule has 7 heteroatoms. The van der Waals surface area contributed by atoms with Gasteiger partial charge in [0.25, 0.3) is 0 Å². The van der Waals surface area contributed by atoms with Crippen molar-refractivity contribution in [1.82, 2.24) is 14.5 Å². The number of nitrogens with two attached hydrogens (primary N) is 1. The number of hydrogen-bond donors (Lipinski definition) is 1. The van der Waals surface area contributed by atoms with Crippen LogP contribution in [0.2, 0.25) is 10.0 Å². The summed E-state index contributed by atoms with van der Waals surface area (Å²) < 4.78 is 2.31. The van der Waals surface area contributed by atoms with E-state index >= 15 is 0 Å². The molecule has 0 atom stereocenters. The van der Waals surface area contributed by atoms with Crippen molar-refractivity contribution in [3.63, 3.8) is 0 Å². The molecule has 0 aliphatic carbocycles. The minimum atomic E-state index is 0.514. The van der Waals surface area contributed by atoms with E-state index in [2.05, 4.69) is 23.4 Å². The standard InChI is InChI=1S/C20H24Cl2N4S/c1-3-17-25-18-19(13(2)12-24-20(18)23)26(17)9-5-4-6-10-27-16-8-7-14(21)11-15(16)22/h7-8,11-12H,3-6,9-10H2,1-2H3,(H2,23,24). The molecule has 0 saturated heterocycles. The van der Waals surface area contributed by atoms with E-state index in [1.807, 2.05) is 18.3 Å². The van der Waals surface area contributed by atoms with Crippen LogP contribution in [-0.2, 0) is 13.0 Å². The van der Waals surface area contributed by atoms with Gasteiger partial charge in [-0.2, -0.15) is 0 Å². The van der Waals surface area contributed by atoms with Gasteiger partial charge in [0.05, 0.1) is 10.5 Å². The number of fused-ring (bicyclic) bond motifs is 1. The Morgan fingerprint density at radius 3 is 2.74 bits per heavy atom. The van der Waals surface area contributed by atoms with Gasteiger partial charge in [-0.25, -0.2) is 9.97 Å². The number of pyridine rings is 1. The Kier molecular flexibility index (Phi) is 6.90. The molecule has 144 valence electrons. The number of anilines is 1. The van der Waals surface area contributed by atoms with Gasteiger partial charge in [-0.15, -0.1) is 11.8 Å². The molecule has 0 spiro atoms. The maximum atomic E-state index is 6.22. The van der Waals surface area contributed by atoms with Gasteiger partial charge >= 0.3 is 0 Å². The molecule has 0 unspecified atom stereocenters. The maximum absolute atomic E-state index is 6.22. The molecule has 4 nitrogen and oxygen atoms in total. The van der Waals surface area contributed by atoms with Crippen LogP contribution in [-0.4, -0.2) is 20.3 Å². The van der Waals surface area contributed by atoms with Crippen molar-refractivity contribution in [2.45, 2.75) is 51.0 Å². The molecule has 2 N–H and O–H groups in total. The van der Waals surface area contributed by atoms with Gasteiger partial charge in [0.1, 0.15) is 11.3 Å². The summed E-state index contributed by atoms with van der Waals surface area (Å²) in [6.07, 6.45) is 6.12. The third-order valence-corrected chi connectivity index (χ3v) is 6.37. The monoisotopic (exact) mass is 422 g/mol. The summed E-state index contributed by atoms with van der Waals surface area (Å²) in [4.78, 5) is 10.0. The van der Waals surface area contributed by atoms with Crippen molar-refractivity contribution in [3.05, 3.63) is 45.8 Å². The second-order valence-corrected chi connectivity index (χ2v) is 8.52. The molecule has 0 saturated carbocycles. The van der Waals surface area contributed by atoms with Crippen LogP contribution in [0, 0.1) is 6.92 Å². The van der Waals surface area contributed by atoms with E-state index in [0.717, 1.165) is 70.3 Å². The fraction of sp³-hybridized carbons (Fsp3) is 0.400. The second-order valence-electron chi connectivity index (χ2n) is 6.54. The topological polar surface area (TPSA) is 56.7 Å². The van der Waals surface area contributed by atoms with Crippen LogP contribution in [0.5, 0.6) is 0 Å². The lowest BCUT2D eigenvalue weighted by molar-refractivity contribution is 0.595. The molecular weight excluding hydrogens is 399 g/mol. The minimum Gasteiger partial charge on any atom is -0.382 e. The zero-order chi connectivity index (χ0) is 19.4. The number of thioether (sulfide) groups is 1. The first-order valence-electron chi connectivity index (χ1n) is 9.19. The summed E-state index contributed by atoms with van der Waals surface area (Å²) >= 11 is 13.9. The zero-order valence-corrected chi connectivity index (χ0v) is 18.0. The lowest BCUT2D eigenvalue weighted by atomic mass is 10.2. The van der Waals surface area contributed by atoms with E-state index in [-0.39, 0.29) is 0 Å². The molecule has 27 heavy (non-hydrogen) atoms. The SMILES string of the molecule is CCc1nc2c(N)ncc(C)c2n1CCCCCSc1ccc(Cl)cc1Cl. The van der Waals surface area contributed by atoms with E-state index in [4.69, 9.17) is 33.9 Å². The Labute approximate surface area is 174 Å². The van der Waals surface area contributed by atoms with E-state index in [1.165, 1.54) is 0 Å². The highest BCUT2D eigenvalue weighted by Gasteiger charge is 2.14. The van der Waals surface area contributed by atoms with Gasteiger partial charge in [0.2, 0.25) is 0 Å². The number of aromatic nitrogens is 3. The number of nitrogens with zero attached hydrogens (tertiary/aromatic N) is 3. The fourth-order valence-corrected chi connectivity index (χ4v) is 4.70. The van der Waals surface area contributed by atoms with Gasteiger partial charge in [-0.1, -0.05) is 36.5 Å². The first-order valence-corrected chi connectivity index (χ1v) is 10.9. The number of nitrogen functional groups attached to an aromatic ring is 1. The zero-order valence-electron chi connectivity index (χ0n) is 15.6. The summed E-state index contributed by atoms with van der Waals surface area (Å²) in [5.41, 5.74) is 9.11. The van der Waals surface area contributed by atoms with Crippen molar-refractivity contribution in [2.24, 2.45) is 0 Å². The average Bonchev–Trinajstić information content (AvgIpc) is 3.02. The fourth-order valence-electron chi connectivity index (χ4n) is 3.20. The number of imidazole rings is 1. The van der Waals surface area contributed by atoms with Gasteiger partial charge in [-0.3, -0.25) is 0 Å². The highest BCUT2D eigenvalue weighted by molar-refractivity contribution is 7.99. The maximum Gasteiger partial charge on any atom is 0.151 e. The second kappa shape index (κ2) is 9.18. The highest BCUT2D eigenvalue weighted by Crippen LogP contribution is 2.30. The van der Waals surface area contributed by atoms with Crippen molar-refractivity contribution < 1.29 is 0 Å². The molecule has 0 aliphatic heterocycles. The van der Waals surface area contributed by atoms with Crippen molar-refractivity contribution >= 4 is 51.8 Å². The summed E-state index contributed by atoms with van der Waals surface area (Å²) in [5.74, 6) is 2.64. The van der Waals surface area contributed by atoms with Gasteiger partial charge < -0.3 is 10.3 Å². The summed E-state index contributed by atoms with van der Waals surface area (Å²) in [5, 5.41) is 1.40. The highest BCUT2D eigenvalue weighted by atomic mass is 35.5. The number of halogens is 2. The molecular formula is C20H24Cl2N4S. The Hall–Kier alpha value is -1.43. The first kappa shape index (κ1) is 20.3. The van der Waals surface area contributed by atoms with Crippen molar-refractivity contribution in [2.75, 3.05) is 11.5 Å². The van der Waals surface area contributed by atoms with Crippen LogP contribution in [0.3, 0.4) is 0 Å². The van der Waals surface area contributed by atoms with Gasteiger partial charge in [-0.05, 0) is 49.3 Å². The van der Waals surface area contributed by atoms with Gasteiger partial charge in [0.15, 0.2) is 5.82 Å². The predicted molar refractivity (Wildman–Crippen MR) is 117 cm³/mol. The van der Waals surface area contributed by atoms with Crippen LogP contribution in [0.15, 0.2) is 29.3 Å². The average molecular weight is 423 g/mol. The van der Waals surface area contributed by atoms with Crippen LogP contribution in [0.1, 0.15) is 37.6 Å². The molecule has 0 amide bonds. The molecule has 1 aromatic carbocycles. The normalized spacial score (nSPS) is 11.4. The summed E-state index contributed by atoms with van der Waals surface area (Å²) in [7, 11) is 0. The lowest BCUT2D eigenvalue weighted by Gasteiger charge is -2.10. The minimum absolute atomic E-state index is 0.514. The Balaban J connectivity index is 1.55. The molecule has 0 radical (unpaired) electrons. The number of unbranched alkanes of at least 4 members (excludes halogenated alkanes) is 2. The summed E-state index contributed by atoms with van der Waals surface area (Å²) in [6.45, 7) is 5.15. The smallest absolute Gasteiger partial charge is 0.151 e. The first-order chi connectivity index (χ1) is 13.0. The quantitative estimate of drug-likeness (QED) is 0.349. The number of benzene rings is 1. The lowest BCUT2D eigenvalue weighted by Crippen LogP contribution is -2.04. The van der Waals surface area contributed by atoms with Crippen LogP contribution in [0.25, 0.3) is 11.0 Å². The van der Waals surface area contributed by atoms with Crippen molar-refractivity contribution in [3.8, 4) is 0 Å². The van der Waals surface area contributed by atoms with E-state index in [1.54, 1.807) is 17.8 Å². The number of aryl methyl sites for hydroxylation is 3. The molecule has 0 bridgehead atoms. The summed E-state index contributed by atoms with van der Waals surface area (Å²) in [6, 6.07) is 5.67. The molecule has 2 aromatic heterocycles.